The molecule has 0 aliphatic rings. The van der Waals surface area contributed by atoms with Gasteiger partial charge in [0, 0.05) is 17.8 Å². The predicted molar refractivity (Wildman–Crippen MR) is 93.3 cm³/mol. The van der Waals surface area contributed by atoms with Crippen LogP contribution in [-0.2, 0) is 0 Å². The number of hydrogen-bond donors (Lipinski definition) is 1. The molecule has 23 heavy (non-hydrogen) atoms. The molecule has 0 aromatic carbocycles. The summed E-state index contributed by atoms with van der Waals surface area (Å²) >= 11 is 1.56. The molecule has 114 valence electrons. The molecular weight excluding hydrogens is 306 g/mol. The summed E-state index contributed by atoms with van der Waals surface area (Å²) in [5.41, 5.74) is 5.08. The van der Waals surface area contributed by atoms with E-state index in [1.807, 2.05) is 36.7 Å². The minimum atomic E-state index is 0.791. The molecule has 0 fully saturated rings. The Hall–Kier alpha value is -2.73. The van der Waals surface area contributed by atoms with Crippen molar-refractivity contribution in [1.82, 2.24) is 19.4 Å². The largest absolute Gasteiger partial charge is 0.316 e. The summed E-state index contributed by atoms with van der Waals surface area (Å²) in [5.74, 6) is 0.791. The Morgan fingerprint density at radius 1 is 1.13 bits per heavy atom. The Labute approximate surface area is 137 Å². The molecule has 4 heterocycles. The molecule has 0 saturated carbocycles. The third kappa shape index (κ3) is 2.57. The molecule has 0 spiro atoms. The molecule has 0 radical (unpaired) electrons. The molecular formula is C17H15N5S. The van der Waals surface area contributed by atoms with Gasteiger partial charge in [-0.05, 0) is 43.7 Å². The number of aromatic nitrogens is 4. The first-order valence-electron chi connectivity index (χ1n) is 7.30. The van der Waals surface area contributed by atoms with Gasteiger partial charge in [-0.15, -0.1) is 11.3 Å². The van der Waals surface area contributed by atoms with Gasteiger partial charge in [0.1, 0.15) is 17.2 Å². The first-order chi connectivity index (χ1) is 11.2. The molecule has 0 unspecified atom stereocenters. The number of nitrogens with zero attached hydrogens (tertiary/aromatic N) is 4. The number of hydrogen-bond acceptors (Lipinski definition) is 5. The molecule has 0 bridgehead atoms. The van der Waals surface area contributed by atoms with Crippen molar-refractivity contribution >= 4 is 27.9 Å². The van der Waals surface area contributed by atoms with E-state index < -0.39 is 0 Å². The van der Waals surface area contributed by atoms with Gasteiger partial charge in [0.15, 0.2) is 5.13 Å². The van der Waals surface area contributed by atoms with Crippen LogP contribution in [0, 0.1) is 13.8 Å². The number of aryl methyl sites for hydroxylation is 2. The van der Waals surface area contributed by atoms with Crippen LogP contribution >= 0.6 is 11.3 Å². The van der Waals surface area contributed by atoms with Crippen LogP contribution in [0.3, 0.4) is 0 Å². The van der Waals surface area contributed by atoms with E-state index in [0.717, 1.165) is 33.7 Å². The van der Waals surface area contributed by atoms with Crippen molar-refractivity contribution in [3.05, 3.63) is 59.4 Å². The van der Waals surface area contributed by atoms with Crippen molar-refractivity contribution in [3.8, 4) is 11.4 Å². The summed E-state index contributed by atoms with van der Waals surface area (Å²) < 4.78 is 2.09. The summed E-state index contributed by atoms with van der Waals surface area (Å²) in [5, 5.41) is 6.09. The maximum Gasteiger partial charge on any atom is 0.188 e. The molecule has 4 aromatic rings. The molecule has 0 aliphatic heterocycles. The second kappa shape index (κ2) is 5.48. The molecule has 4 aromatic heterocycles. The number of nitrogens with one attached hydrogen (secondary N) is 1. The Morgan fingerprint density at radius 3 is 2.87 bits per heavy atom. The zero-order chi connectivity index (χ0) is 15.8. The van der Waals surface area contributed by atoms with E-state index in [4.69, 9.17) is 0 Å². The zero-order valence-electron chi connectivity index (χ0n) is 12.8. The van der Waals surface area contributed by atoms with Crippen LogP contribution in [0.25, 0.3) is 17.0 Å². The third-order valence-corrected chi connectivity index (χ3v) is 4.36. The summed E-state index contributed by atoms with van der Waals surface area (Å²) in [7, 11) is 0. The molecule has 0 saturated heterocycles. The van der Waals surface area contributed by atoms with E-state index >= 15 is 0 Å². The maximum absolute atomic E-state index is 4.69. The van der Waals surface area contributed by atoms with Gasteiger partial charge in [-0.25, -0.2) is 15.0 Å². The molecule has 4 rings (SSSR count). The van der Waals surface area contributed by atoms with Crippen LogP contribution in [-0.4, -0.2) is 19.4 Å². The van der Waals surface area contributed by atoms with Crippen LogP contribution in [0.5, 0.6) is 0 Å². The summed E-state index contributed by atoms with van der Waals surface area (Å²) in [6.45, 7) is 4.09. The molecule has 6 heteroatoms. The first kappa shape index (κ1) is 13.9. The first-order valence-corrected chi connectivity index (χ1v) is 8.18. The molecule has 1 N–H and O–H groups in total. The fourth-order valence-electron chi connectivity index (χ4n) is 2.56. The minimum absolute atomic E-state index is 0.791. The van der Waals surface area contributed by atoms with Gasteiger partial charge in [-0.1, -0.05) is 6.07 Å². The van der Waals surface area contributed by atoms with Crippen molar-refractivity contribution in [3.63, 3.8) is 0 Å². The van der Waals surface area contributed by atoms with Crippen molar-refractivity contribution < 1.29 is 0 Å². The van der Waals surface area contributed by atoms with Gasteiger partial charge >= 0.3 is 0 Å². The second-order valence-electron chi connectivity index (χ2n) is 5.36. The second-order valence-corrected chi connectivity index (χ2v) is 6.21. The number of pyridine rings is 2. The van der Waals surface area contributed by atoms with Gasteiger partial charge in [0.25, 0.3) is 0 Å². The van der Waals surface area contributed by atoms with E-state index in [1.54, 1.807) is 17.5 Å². The highest BCUT2D eigenvalue weighted by molar-refractivity contribution is 7.14. The Morgan fingerprint density at radius 2 is 2.04 bits per heavy atom. The SMILES string of the molecule is Cc1ccn2c(-c3csc(Nc4ccccn4)n3)c(C)nc2c1. The fraction of sp³-hybridized carbons (Fsp3) is 0.118. The van der Waals surface area contributed by atoms with E-state index in [9.17, 15) is 0 Å². The molecule has 5 nitrogen and oxygen atoms in total. The topological polar surface area (TPSA) is 55.1 Å². The van der Waals surface area contributed by atoms with E-state index in [2.05, 4.69) is 43.7 Å². The van der Waals surface area contributed by atoms with Crippen LogP contribution in [0.4, 0.5) is 10.9 Å². The lowest BCUT2D eigenvalue weighted by molar-refractivity contribution is 1.16. The van der Waals surface area contributed by atoms with Crippen LogP contribution in [0.15, 0.2) is 48.1 Å². The highest BCUT2D eigenvalue weighted by Gasteiger charge is 2.14. The number of anilines is 2. The average molecular weight is 321 g/mol. The minimum Gasteiger partial charge on any atom is -0.316 e. The summed E-state index contributed by atoms with van der Waals surface area (Å²) in [6, 6.07) is 9.92. The van der Waals surface area contributed by atoms with Crippen molar-refractivity contribution in [2.24, 2.45) is 0 Å². The van der Waals surface area contributed by atoms with Gasteiger partial charge in [-0.2, -0.15) is 0 Å². The normalized spacial score (nSPS) is 11.0. The standard InChI is InChI=1S/C17H15N5S/c1-11-6-8-22-15(9-11)19-12(2)16(22)13-10-23-17(20-13)21-14-5-3-4-7-18-14/h3-10H,1-2H3,(H,18,20,21). The van der Waals surface area contributed by atoms with Gasteiger partial charge in [0.2, 0.25) is 0 Å². The monoisotopic (exact) mass is 321 g/mol. The van der Waals surface area contributed by atoms with Crippen LogP contribution in [0.1, 0.15) is 11.3 Å². The number of rotatable bonds is 3. The van der Waals surface area contributed by atoms with Crippen molar-refractivity contribution in [1.29, 1.82) is 0 Å². The predicted octanol–water partition coefficient (Wildman–Crippen LogP) is 4.21. The molecule has 0 atom stereocenters. The average Bonchev–Trinajstić information content (AvgIpc) is 3.11. The fourth-order valence-corrected chi connectivity index (χ4v) is 3.26. The molecule has 0 aliphatic carbocycles. The van der Waals surface area contributed by atoms with Crippen LogP contribution in [0.2, 0.25) is 0 Å². The highest BCUT2D eigenvalue weighted by Crippen LogP contribution is 2.29. The lowest BCUT2D eigenvalue weighted by Crippen LogP contribution is -1.93. The third-order valence-electron chi connectivity index (χ3n) is 3.60. The smallest absolute Gasteiger partial charge is 0.188 e. The van der Waals surface area contributed by atoms with E-state index in [-0.39, 0.29) is 0 Å². The number of fused-ring (bicyclic) bond motifs is 1. The van der Waals surface area contributed by atoms with Crippen LogP contribution < -0.4 is 5.32 Å². The molecule has 0 amide bonds. The Bertz CT molecular complexity index is 971. The van der Waals surface area contributed by atoms with E-state index in [1.165, 1.54) is 5.56 Å². The maximum atomic E-state index is 4.69. The summed E-state index contributed by atoms with van der Waals surface area (Å²) in [6.07, 6.45) is 3.80. The quantitative estimate of drug-likeness (QED) is 0.614. The lowest BCUT2D eigenvalue weighted by Gasteiger charge is -2.01. The zero-order valence-corrected chi connectivity index (χ0v) is 13.6. The number of thiazole rings is 1. The highest BCUT2D eigenvalue weighted by atomic mass is 32.1. The number of imidazole rings is 1. The lowest BCUT2D eigenvalue weighted by atomic mass is 10.2. The Balaban J connectivity index is 1.73. The van der Waals surface area contributed by atoms with E-state index in [0.29, 0.717) is 0 Å². The van der Waals surface area contributed by atoms with Crippen molar-refractivity contribution in [2.75, 3.05) is 5.32 Å². The summed E-state index contributed by atoms with van der Waals surface area (Å²) in [4.78, 5) is 13.6. The van der Waals surface area contributed by atoms with Crippen molar-refractivity contribution in [2.45, 2.75) is 13.8 Å². The Kier molecular flexibility index (Phi) is 3.31. The van der Waals surface area contributed by atoms with Gasteiger partial charge < -0.3 is 5.32 Å². The van der Waals surface area contributed by atoms with Gasteiger partial charge in [-0.3, -0.25) is 4.40 Å². The van der Waals surface area contributed by atoms with Gasteiger partial charge in [0.05, 0.1) is 11.4 Å².